The van der Waals surface area contributed by atoms with Crippen LogP contribution >= 0.6 is 0 Å². The summed E-state index contributed by atoms with van der Waals surface area (Å²) in [6, 6.07) is 34.6. The van der Waals surface area contributed by atoms with Gasteiger partial charge in [0.25, 0.3) is 6.71 Å². The Hall–Kier alpha value is -4.31. The Balaban J connectivity index is 1.10. The lowest BCUT2D eigenvalue weighted by molar-refractivity contribution is -0.213. The number of fused-ring (bicyclic) bond motifs is 5. The fourth-order valence-electron chi connectivity index (χ4n) is 16.3. The molecule has 328 valence electrons. The maximum absolute atomic E-state index is 6.26. The molecule has 10 aliphatic rings. The minimum atomic E-state index is 0.00863. The second-order valence-electron chi connectivity index (χ2n) is 26.2. The minimum absolute atomic E-state index is 0.00863. The summed E-state index contributed by atoms with van der Waals surface area (Å²) in [5, 5.41) is 0. The van der Waals surface area contributed by atoms with Crippen LogP contribution in [0.2, 0.25) is 0 Å². The molecule has 0 radical (unpaired) electrons. The number of benzene rings is 4. The van der Waals surface area contributed by atoms with E-state index in [1.165, 1.54) is 130 Å². The number of hydrogen-bond acceptors (Lipinski definition) is 3. The molecule has 1 aromatic heterocycles. The maximum atomic E-state index is 6.26. The Labute approximate surface area is 384 Å². The zero-order chi connectivity index (χ0) is 44.2. The Morgan fingerprint density at radius 1 is 0.547 bits per heavy atom. The van der Waals surface area contributed by atoms with Gasteiger partial charge in [0.15, 0.2) is 0 Å². The Bertz CT molecular complexity index is 2730. The number of aryl methyl sites for hydroxylation is 1. The summed E-state index contributed by atoms with van der Waals surface area (Å²) in [5.41, 5.74) is 19.6. The summed E-state index contributed by atoms with van der Waals surface area (Å²) in [6.07, 6.45) is 11.0. The first-order valence-corrected chi connectivity index (χ1v) is 25.5. The average molecular weight is 844 g/mol. The molecule has 4 aromatic carbocycles. The third-order valence-corrected chi connectivity index (χ3v) is 19.6. The Morgan fingerprint density at radius 2 is 1.09 bits per heavy atom. The van der Waals surface area contributed by atoms with Gasteiger partial charge in [-0.25, -0.2) is 4.98 Å². The van der Waals surface area contributed by atoms with Crippen LogP contribution in [0.5, 0.6) is 0 Å². The molecule has 0 N–H and O–H groups in total. The molecule has 3 heterocycles. The topological polar surface area (TPSA) is 19.4 Å². The van der Waals surface area contributed by atoms with Gasteiger partial charge in [-0.2, -0.15) is 0 Å². The van der Waals surface area contributed by atoms with Crippen molar-refractivity contribution in [1.82, 2.24) is 4.98 Å². The summed E-state index contributed by atoms with van der Waals surface area (Å²) in [6.45, 7) is 26.4. The Kier molecular flexibility index (Phi) is 7.98. The zero-order valence-corrected chi connectivity index (χ0v) is 40.7. The third-order valence-electron chi connectivity index (χ3n) is 19.6. The van der Waals surface area contributed by atoms with E-state index in [-0.39, 0.29) is 33.8 Å². The summed E-state index contributed by atoms with van der Waals surface area (Å²) >= 11 is 0. The summed E-state index contributed by atoms with van der Waals surface area (Å²) in [7, 11) is 0. The number of anilines is 6. The molecule has 7 saturated carbocycles. The number of rotatable bonds is 3. The molecular weight excluding hydrogens is 773 g/mol. The van der Waals surface area contributed by atoms with Crippen molar-refractivity contribution >= 4 is 57.4 Å². The first kappa shape index (κ1) is 40.0. The van der Waals surface area contributed by atoms with Crippen LogP contribution in [-0.4, -0.2) is 11.7 Å². The molecule has 0 atom stereocenters. The van der Waals surface area contributed by atoms with Crippen molar-refractivity contribution in [3.8, 4) is 0 Å². The van der Waals surface area contributed by atoms with E-state index in [9.17, 15) is 0 Å². The average Bonchev–Trinajstić information content (AvgIpc) is 3.25. The van der Waals surface area contributed by atoms with E-state index in [2.05, 4.69) is 171 Å². The van der Waals surface area contributed by atoms with Crippen LogP contribution < -0.4 is 26.2 Å². The van der Waals surface area contributed by atoms with Gasteiger partial charge in [0.2, 0.25) is 0 Å². The van der Waals surface area contributed by atoms with Crippen molar-refractivity contribution in [2.24, 2.45) is 41.4 Å². The van der Waals surface area contributed by atoms with Gasteiger partial charge < -0.3 is 4.90 Å². The van der Waals surface area contributed by atoms with Crippen LogP contribution in [0.25, 0.3) is 0 Å². The fraction of sp³-hybridized carbons (Fsp3) is 0.517. The number of hydrogen-bond donors (Lipinski definition) is 0. The van der Waals surface area contributed by atoms with Gasteiger partial charge in [-0.1, -0.05) is 117 Å². The molecule has 8 bridgehead atoms. The van der Waals surface area contributed by atoms with E-state index in [4.69, 9.17) is 4.98 Å². The molecule has 2 aliphatic heterocycles. The third kappa shape index (κ3) is 5.44. The predicted molar refractivity (Wildman–Crippen MR) is 269 cm³/mol. The monoisotopic (exact) mass is 844 g/mol. The highest BCUT2D eigenvalue weighted by Crippen LogP contribution is 2.74. The molecule has 7 fully saturated rings. The second kappa shape index (κ2) is 12.8. The van der Waals surface area contributed by atoms with Crippen molar-refractivity contribution in [2.45, 2.75) is 155 Å². The molecule has 5 aromatic rings. The largest absolute Gasteiger partial charge is 0.311 e. The van der Waals surface area contributed by atoms with Gasteiger partial charge in [0.1, 0.15) is 5.82 Å². The molecule has 4 heteroatoms. The number of aromatic nitrogens is 1. The molecule has 0 saturated heterocycles. The minimum Gasteiger partial charge on any atom is -0.311 e. The van der Waals surface area contributed by atoms with E-state index >= 15 is 0 Å². The standard InChI is InChI=1S/C60H70BN3/c1-34-12-20-51-48(24-34)61-49-28-37(57(5,6)7)15-21-50(49)63(39-18-19-46-47(29-39)59(10,11)23-22-58(46,8)9)52-30-53(62-55(54(52)61)64(51)38-16-13-36(14-17-38)56(2,3)4)60-31-43-40-25-35-26-41(43)45(33-60)42(27-35)44(40)32-60/h12-21,24,28-30,35,40-45H,22-23,25-27,31-33H2,1-11H3. The second-order valence-corrected chi connectivity index (χ2v) is 26.2. The van der Waals surface area contributed by atoms with Crippen molar-refractivity contribution in [2.75, 3.05) is 9.80 Å². The van der Waals surface area contributed by atoms with E-state index in [1.807, 2.05) is 0 Å². The summed E-state index contributed by atoms with van der Waals surface area (Å²) in [5.74, 6) is 7.71. The van der Waals surface area contributed by atoms with E-state index in [0.29, 0.717) is 0 Å². The van der Waals surface area contributed by atoms with E-state index < -0.39 is 0 Å². The lowest BCUT2D eigenvalue weighted by atomic mass is 9.32. The van der Waals surface area contributed by atoms with Crippen molar-refractivity contribution < 1.29 is 0 Å². The molecular formula is C60H70BN3. The summed E-state index contributed by atoms with van der Waals surface area (Å²) < 4.78 is 0. The molecule has 15 rings (SSSR count). The SMILES string of the molecule is Cc1ccc2c(c1)B1c3cc(C(C)(C)C)ccc3N(c3ccc4c(c3)C(C)(C)CCC4(C)C)c3cc(C45CC6C7CC8CC6C(C4)C(C8)C7C5)nc(c31)N2c1ccc(C(C)(C)C)cc1. The fourth-order valence-corrected chi connectivity index (χ4v) is 16.3. The van der Waals surface area contributed by atoms with Gasteiger partial charge in [-0.05, 0) is 202 Å². The highest BCUT2D eigenvalue weighted by Gasteiger charge is 2.68. The van der Waals surface area contributed by atoms with Gasteiger partial charge in [0, 0.05) is 33.9 Å². The van der Waals surface area contributed by atoms with Gasteiger partial charge >= 0.3 is 0 Å². The van der Waals surface area contributed by atoms with Gasteiger partial charge in [0.05, 0.1) is 5.69 Å². The van der Waals surface area contributed by atoms with E-state index in [1.54, 1.807) is 0 Å². The van der Waals surface area contributed by atoms with Crippen LogP contribution in [0.1, 0.15) is 154 Å². The van der Waals surface area contributed by atoms with Crippen molar-refractivity contribution in [1.29, 1.82) is 0 Å². The molecule has 64 heavy (non-hydrogen) atoms. The normalized spacial score (nSPS) is 30.6. The quantitative estimate of drug-likeness (QED) is 0.165. The van der Waals surface area contributed by atoms with Crippen molar-refractivity contribution in [3.63, 3.8) is 0 Å². The van der Waals surface area contributed by atoms with Gasteiger partial charge in [-0.15, -0.1) is 0 Å². The first-order valence-electron chi connectivity index (χ1n) is 25.5. The van der Waals surface area contributed by atoms with Crippen LogP contribution in [0.15, 0.2) is 84.9 Å². The zero-order valence-electron chi connectivity index (χ0n) is 40.7. The van der Waals surface area contributed by atoms with Crippen LogP contribution in [-0.2, 0) is 27.1 Å². The first-order chi connectivity index (χ1) is 30.3. The van der Waals surface area contributed by atoms with Crippen LogP contribution in [0.3, 0.4) is 0 Å². The summed E-state index contributed by atoms with van der Waals surface area (Å²) in [4.78, 5) is 11.6. The highest BCUT2D eigenvalue weighted by atomic mass is 15.2. The predicted octanol–water partition coefficient (Wildman–Crippen LogP) is 13.4. The smallest absolute Gasteiger partial charge is 0.254 e. The molecule has 0 spiro atoms. The Morgan fingerprint density at radius 3 is 1.72 bits per heavy atom. The van der Waals surface area contributed by atoms with E-state index in [0.717, 1.165) is 47.2 Å². The van der Waals surface area contributed by atoms with Crippen molar-refractivity contribution in [3.05, 3.63) is 118 Å². The highest BCUT2D eigenvalue weighted by molar-refractivity contribution is 7.00. The van der Waals surface area contributed by atoms with Crippen LogP contribution in [0, 0.1) is 48.3 Å². The number of pyridine rings is 1. The number of nitrogens with zero attached hydrogens (tertiary/aromatic N) is 3. The molecule has 8 aliphatic carbocycles. The van der Waals surface area contributed by atoms with Gasteiger partial charge in [-0.3, -0.25) is 4.90 Å². The molecule has 0 amide bonds. The lowest BCUT2D eigenvalue weighted by Crippen LogP contribution is -2.66. The lowest BCUT2D eigenvalue weighted by Gasteiger charge is -2.72. The van der Waals surface area contributed by atoms with Crippen LogP contribution in [0.4, 0.5) is 34.3 Å². The molecule has 3 nitrogen and oxygen atoms in total. The molecule has 0 unspecified atom stereocenters. The maximum Gasteiger partial charge on any atom is 0.254 e.